The third-order valence-corrected chi connectivity index (χ3v) is 4.39. The van der Waals surface area contributed by atoms with Crippen LogP contribution in [0.15, 0.2) is 47.4 Å². The smallest absolute Gasteiger partial charge is 0.315 e. The average molecular weight is 312 g/mol. The summed E-state index contributed by atoms with van der Waals surface area (Å²) in [6, 6.07) is 14.5. The van der Waals surface area contributed by atoms with Crippen LogP contribution in [0.3, 0.4) is 0 Å². The van der Waals surface area contributed by atoms with Crippen molar-refractivity contribution >= 4 is 29.9 Å². The summed E-state index contributed by atoms with van der Waals surface area (Å²) in [6.45, 7) is 4.24. The normalized spacial score (nSPS) is 10.9. The number of hydrogen-bond donors (Lipinski definition) is 0. The molecule has 0 aromatic heterocycles. The Balaban J connectivity index is 2.13. The van der Waals surface area contributed by atoms with Crippen molar-refractivity contribution in [3.05, 3.63) is 64.7 Å². The van der Waals surface area contributed by atoms with Gasteiger partial charge in [-0.15, -0.1) is 11.8 Å². The summed E-state index contributed by atoms with van der Waals surface area (Å²) < 4.78 is 4.66. The van der Waals surface area contributed by atoms with E-state index in [1.54, 1.807) is 0 Å². The lowest BCUT2D eigenvalue weighted by molar-refractivity contribution is -0.137. The zero-order chi connectivity index (χ0) is 15.9. The van der Waals surface area contributed by atoms with Gasteiger partial charge in [0.05, 0.1) is 12.9 Å². The average Bonchev–Trinajstić information content (AvgIpc) is 2.52. The summed E-state index contributed by atoms with van der Waals surface area (Å²) in [7, 11) is 1.41. The fourth-order valence-corrected chi connectivity index (χ4v) is 2.98. The quantitative estimate of drug-likeness (QED) is 0.453. The van der Waals surface area contributed by atoms with Crippen molar-refractivity contribution in [1.82, 2.24) is 0 Å². The van der Waals surface area contributed by atoms with E-state index < -0.39 is 0 Å². The van der Waals surface area contributed by atoms with Gasteiger partial charge >= 0.3 is 5.97 Å². The summed E-state index contributed by atoms with van der Waals surface area (Å²) in [5, 5.41) is 0. The van der Waals surface area contributed by atoms with Gasteiger partial charge in [-0.2, -0.15) is 0 Å². The van der Waals surface area contributed by atoms with Crippen LogP contribution < -0.4 is 0 Å². The van der Waals surface area contributed by atoms with Gasteiger partial charge in [0.15, 0.2) is 0 Å². The molecule has 2 nitrogen and oxygen atoms in total. The maximum atomic E-state index is 11.2. The molecule has 0 atom stereocenters. The van der Waals surface area contributed by atoms with Crippen LogP contribution in [0.2, 0.25) is 0 Å². The largest absolute Gasteiger partial charge is 0.468 e. The minimum atomic E-state index is -0.207. The Kier molecular flexibility index (Phi) is 5.84. The molecule has 0 aliphatic carbocycles. The molecule has 2 aromatic rings. The van der Waals surface area contributed by atoms with E-state index in [-0.39, 0.29) is 5.97 Å². The number of esters is 1. The molecule has 0 aliphatic heterocycles. The predicted molar refractivity (Wildman–Crippen MR) is 94.0 cm³/mol. The van der Waals surface area contributed by atoms with E-state index in [4.69, 9.17) is 0 Å². The first-order valence-electron chi connectivity index (χ1n) is 7.14. The molecule has 0 heterocycles. The first-order valence-corrected chi connectivity index (χ1v) is 8.12. The van der Waals surface area contributed by atoms with Gasteiger partial charge in [-0.1, -0.05) is 42.5 Å². The number of carbonyl (C=O) groups is 1. The summed E-state index contributed by atoms with van der Waals surface area (Å²) in [5.74, 6) is 0.127. The number of carbonyl (C=O) groups excluding carboxylic acids is 1. The first kappa shape index (κ1) is 16.4. The number of benzene rings is 2. The molecule has 0 fully saturated rings. The maximum absolute atomic E-state index is 11.2. The fraction of sp³-hybridized carbons (Fsp3) is 0.211. The highest BCUT2D eigenvalue weighted by Gasteiger charge is 2.02. The number of methoxy groups -OCH3 is 1. The van der Waals surface area contributed by atoms with Gasteiger partial charge in [0.1, 0.15) is 0 Å². The van der Waals surface area contributed by atoms with E-state index in [0.717, 1.165) is 10.5 Å². The van der Waals surface area contributed by atoms with Crippen LogP contribution in [0, 0.1) is 13.8 Å². The Morgan fingerprint density at radius 2 is 1.77 bits per heavy atom. The fourth-order valence-electron chi connectivity index (χ4n) is 2.18. The van der Waals surface area contributed by atoms with Crippen LogP contribution in [-0.4, -0.2) is 18.8 Å². The van der Waals surface area contributed by atoms with Crippen molar-refractivity contribution in [2.45, 2.75) is 18.7 Å². The minimum Gasteiger partial charge on any atom is -0.468 e. The van der Waals surface area contributed by atoms with Gasteiger partial charge in [0, 0.05) is 4.90 Å². The van der Waals surface area contributed by atoms with Crippen LogP contribution in [0.5, 0.6) is 0 Å². The van der Waals surface area contributed by atoms with Crippen LogP contribution in [0.25, 0.3) is 12.2 Å². The second-order valence-corrected chi connectivity index (χ2v) is 6.12. The van der Waals surface area contributed by atoms with Crippen molar-refractivity contribution < 1.29 is 9.53 Å². The van der Waals surface area contributed by atoms with Gasteiger partial charge in [-0.3, -0.25) is 4.79 Å². The Hall–Kier alpha value is -2.00. The van der Waals surface area contributed by atoms with E-state index in [9.17, 15) is 4.79 Å². The molecule has 0 saturated heterocycles. The lowest BCUT2D eigenvalue weighted by Gasteiger charge is -2.05. The molecule has 0 N–H and O–H groups in total. The lowest BCUT2D eigenvalue weighted by Crippen LogP contribution is -2.02. The minimum absolute atomic E-state index is 0.207. The number of aryl methyl sites for hydroxylation is 2. The molecule has 22 heavy (non-hydrogen) atoms. The van der Waals surface area contributed by atoms with Gasteiger partial charge in [-0.05, 0) is 48.2 Å². The Bertz CT molecular complexity index is 669. The summed E-state index contributed by atoms with van der Waals surface area (Å²) >= 11 is 1.49. The van der Waals surface area contributed by atoms with E-state index in [0.29, 0.717) is 5.75 Å². The lowest BCUT2D eigenvalue weighted by atomic mass is 10.0. The van der Waals surface area contributed by atoms with Crippen molar-refractivity contribution in [3.63, 3.8) is 0 Å². The van der Waals surface area contributed by atoms with E-state index >= 15 is 0 Å². The molecule has 0 saturated carbocycles. The molecule has 114 valence electrons. The number of rotatable bonds is 5. The molecule has 2 aromatic carbocycles. The third kappa shape index (κ3) is 4.50. The highest BCUT2D eigenvalue weighted by Crippen LogP contribution is 2.21. The summed E-state index contributed by atoms with van der Waals surface area (Å²) in [4.78, 5) is 12.3. The zero-order valence-corrected chi connectivity index (χ0v) is 13.9. The van der Waals surface area contributed by atoms with Gasteiger partial charge in [0.2, 0.25) is 0 Å². The van der Waals surface area contributed by atoms with Crippen LogP contribution >= 0.6 is 11.8 Å². The summed E-state index contributed by atoms with van der Waals surface area (Å²) in [5.41, 5.74) is 4.92. The Labute approximate surface area is 136 Å². The zero-order valence-electron chi connectivity index (χ0n) is 13.1. The molecular weight excluding hydrogens is 292 g/mol. The summed E-state index contributed by atoms with van der Waals surface area (Å²) in [6.07, 6.45) is 4.26. The maximum Gasteiger partial charge on any atom is 0.315 e. The topological polar surface area (TPSA) is 26.3 Å². The van der Waals surface area contributed by atoms with Crippen LogP contribution in [0.1, 0.15) is 22.3 Å². The predicted octanol–water partition coefficient (Wildman–Crippen LogP) is 4.74. The molecular formula is C19H20O2S. The molecule has 2 rings (SSSR count). The molecule has 0 spiro atoms. The first-order chi connectivity index (χ1) is 10.6. The molecule has 0 amide bonds. The highest BCUT2D eigenvalue weighted by atomic mass is 32.2. The number of thioether (sulfide) groups is 1. The van der Waals surface area contributed by atoms with Gasteiger partial charge in [-0.25, -0.2) is 0 Å². The second kappa shape index (κ2) is 7.85. The molecule has 0 radical (unpaired) electrons. The standard InChI is InChI=1S/C19H20O2S/c1-14-6-4-7-15(2)18(14)11-10-16-8-5-9-17(12-16)22-13-19(20)21-3/h4-12H,13H2,1-3H3. The van der Waals surface area contributed by atoms with Crippen molar-refractivity contribution in [2.75, 3.05) is 12.9 Å². The third-order valence-electron chi connectivity index (χ3n) is 3.43. The van der Waals surface area contributed by atoms with Gasteiger partial charge in [0.25, 0.3) is 0 Å². The Morgan fingerprint density at radius 3 is 2.45 bits per heavy atom. The van der Waals surface area contributed by atoms with Crippen molar-refractivity contribution in [1.29, 1.82) is 0 Å². The molecule has 0 bridgehead atoms. The molecule has 0 unspecified atom stereocenters. The Morgan fingerprint density at radius 1 is 1.09 bits per heavy atom. The second-order valence-electron chi connectivity index (χ2n) is 5.08. The monoisotopic (exact) mass is 312 g/mol. The van der Waals surface area contributed by atoms with E-state index in [2.05, 4.69) is 61.1 Å². The van der Waals surface area contributed by atoms with Crippen molar-refractivity contribution in [3.8, 4) is 0 Å². The molecule has 0 aliphatic rings. The number of ether oxygens (including phenoxy) is 1. The number of hydrogen-bond acceptors (Lipinski definition) is 3. The highest BCUT2D eigenvalue weighted by molar-refractivity contribution is 8.00. The molecule has 3 heteroatoms. The van der Waals surface area contributed by atoms with E-state index in [1.807, 2.05) is 12.1 Å². The van der Waals surface area contributed by atoms with Crippen molar-refractivity contribution in [2.24, 2.45) is 0 Å². The SMILES string of the molecule is COC(=O)CSc1cccc(C=Cc2c(C)cccc2C)c1. The van der Waals surface area contributed by atoms with Crippen LogP contribution in [0.4, 0.5) is 0 Å². The van der Waals surface area contributed by atoms with Gasteiger partial charge < -0.3 is 4.74 Å². The van der Waals surface area contributed by atoms with E-state index in [1.165, 1.54) is 35.6 Å². The van der Waals surface area contributed by atoms with Crippen LogP contribution in [-0.2, 0) is 9.53 Å².